The summed E-state index contributed by atoms with van der Waals surface area (Å²) in [6, 6.07) is 0. The van der Waals surface area contributed by atoms with E-state index in [4.69, 9.17) is 5.26 Å². The molecule has 2 atom stereocenters. The number of allylic oxidation sites excluding steroid dienone is 2. The van der Waals surface area contributed by atoms with Gasteiger partial charge in [0, 0.05) is 0 Å². The molecule has 80 valence electrons. The average molecular weight is 196 g/mol. The molecular formula is C12H20O2. The van der Waals surface area contributed by atoms with E-state index in [0.29, 0.717) is 12.0 Å². The van der Waals surface area contributed by atoms with E-state index in [0.717, 1.165) is 24.7 Å². The van der Waals surface area contributed by atoms with E-state index < -0.39 is 0 Å². The summed E-state index contributed by atoms with van der Waals surface area (Å²) in [4.78, 5) is 4.11. The molecule has 1 saturated carbocycles. The fourth-order valence-electron chi connectivity index (χ4n) is 3.10. The average Bonchev–Trinajstić information content (AvgIpc) is 2.18. The molecule has 2 bridgehead atoms. The molecule has 0 aromatic rings. The Morgan fingerprint density at radius 1 is 1.57 bits per heavy atom. The molecule has 0 radical (unpaired) electrons. The second-order valence-corrected chi connectivity index (χ2v) is 5.26. The zero-order valence-corrected chi connectivity index (χ0v) is 9.12. The summed E-state index contributed by atoms with van der Waals surface area (Å²) in [7, 11) is 0. The maximum absolute atomic E-state index is 8.25. The van der Waals surface area contributed by atoms with Crippen LogP contribution in [-0.4, -0.2) is 11.9 Å². The maximum Gasteiger partial charge on any atom is 0.0822 e. The lowest BCUT2D eigenvalue weighted by Crippen LogP contribution is -2.48. The van der Waals surface area contributed by atoms with Gasteiger partial charge in [-0.25, -0.2) is 4.89 Å². The van der Waals surface area contributed by atoms with Crippen LogP contribution in [0.4, 0.5) is 0 Å². The van der Waals surface area contributed by atoms with Gasteiger partial charge in [0.05, 0.1) is 6.61 Å². The van der Waals surface area contributed by atoms with Gasteiger partial charge < -0.3 is 0 Å². The van der Waals surface area contributed by atoms with Crippen LogP contribution in [0, 0.1) is 17.3 Å². The molecule has 0 aromatic heterocycles. The van der Waals surface area contributed by atoms with Crippen molar-refractivity contribution in [2.75, 3.05) is 6.61 Å². The van der Waals surface area contributed by atoms with Crippen molar-refractivity contribution in [2.24, 2.45) is 17.3 Å². The van der Waals surface area contributed by atoms with Crippen molar-refractivity contribution in [2.45, 2.75) is 39.5 Å². The molecule has 0 unspecified atom stereocenters. The number of hydrogen-bond donors (Lipinski definition) is 1. The minimum absolute atomic E-state index is 0.466. The Bertz CT molecular complexity index is 243. The molecule has 0 saturated heterocycles. The molecule has 3 aliphatic carbocycles. The molecule has 2 nitrogen and oxygen atoms in total. The first-order valence-electron chi connectivity index (χ1n) is 5.61. The third-order valence-corrected chi connectivity index (χ3v) is 4.28. The minimum Gasteiger partial charge on any atom is -0.252 e. The van der Waals surface area contributed by atoms with Crippen molar-refractivity contribution in [3.05, 3.63) is 11.6 Å². The van der Waals surface area contributed by atoms with Crippen LogP contribution < -0.4 is 0 Å². The second kappa shape index (κ2) is 3.67. The Hall–Kier alpha value is -0.340. The normalized spacial score (nSPS) is 33.5. The molecule has 0 aromatic carbocycles. The molecule has 0 spiro atoms. The highest BCUT2D eigenvalue weighted by molar-refractivity contribution is 5.23. The van der Waals surface area contributed by atoms with Gasteiger partial charge in [-0.15, -0.1) is 0 Å². The molecule has 14 heavy (non-hydrogen) atoms. The molecule has 3 rings (SSSR count). The molecule has 0 aliphatic heterocycles. The minimum atomic E-state index is 0.466. The summed E-state index contributed by atoms with van der Waals surface area (Å²) in [6.07, 6.45) is 7.11. The summed E-state index contributed by atoms with van der Waals surface area (Å²) in [5.74, 6) is 1.73. The Kier molecular flexibility index (Phi) is 2.67. The topological polar surface area (TPSA) is 29.5 Å². The van der Waals surface area contributed by atoms with E-state index in [-0.39, 0.29) is 0 Å². The summed E-state index contributed by atoms with van der Waals surface area (Å²) in [5.41, 5.74) is 2.14. The van der Waals surface area contributed by atoms with Gasteiger partial charge >= 0.3 is 0 Å². The van der Waals surface area contributed by atoms with Crippen molar-refractivity contribution in [3.63, 3.8) is 0 Å². The quantitative estimate of drug-likeness (QED) is 0.324. The first kappa shape index (κ1) is 10.2. The van der Waals surface area contributed by atoms with Gasteiger partial charge in [0.25, 0.3) is 0 Å². The van der Waals surface area contributed by atoms with Crippen molar-refractivity contribution in [1.29, 1.82) is 0 Å². The molecule has 1 fully saturated rings. The number of rotatable bonds is 4. The van der Waals surface area contributed by atoms with Gasteiger partial charge in [-0.2, -0.15) is 0 Å². The molecule has 0 heterocycles. The van der Waals surface area contributed by atoms with Crippen LogP contribution in [0.5, 0.6) is 0 Å². The largest absolute Gasteiger partial charge is 0.252 e. The zero-order chi connectivity index (χ0) is 10.2. The summed E-state index contributed by atoms with van der Waals surface area (Å²) in [6.45, 7) is 5.25. The fraction of sp³-hybridized carbons (Fsp3) is 0.833. The first-order valence-corrected chi connectivity index (χ1v) is 5.61. The Labute approximate surface area is 85.9 Å². The maximum atomic E-state index is 8.25. The SMILES string of the molecule is CC1(C)[C@H]2CC=C(CCCOO)[C@@H]1C2. The summed E-state index contributed by atoms with van der Waals surface area (Å²) in [5, 5.41) is 8.25. The van der Waals surface area contributed by atoms with Crippen LogP contribution >= 0.6 is 0 Å². The van der Waals surface area contributed by atoms with Gasteiger partial charge in [-0.1, -0.05) is 25.5 Å². The fourth-order valence-corrected chi connectivity index (χ4v) is 3.10. The molecular weight excluding hydrogens is 176 g/mol. The lowest BCUT2D eigenvalue weighted by Gasteiger charge is -2.56. The van der Waals surface area contributed by atoms with Gasteiger partial charge in [-0.05, 0) is 42.9 Å². The number of hydrogen-bond acceptors (Lipinski definition) is 2. The molecule has 0 amide bonds. The van der Waals surface area contributed by atoms with E-state index in [1.807, 2.05) is 0 Å². The lowest BCUT2D eigenvalue weighted by atomic mass is 9.48. The standard InChI is InChI=1S/C12H20O2/c1-12(2)10-6-5-9(11(12)8-10)4-3-7-14-13/h5,10-11,13H,3-4,6-8H2,1-2H3/t10-,11-/m0/s1. The van der Waals surface area contributed by atoms with E-state index in [9.17, 15) is 0 Å². The molecule has 1 N–H and O–H groups in total. The monoisotopic (exact) mass is 196 g/mol. The smallest absolute Gasteiger partial charge is 0.0822 e. The van der Waals surface area contributed by atoms with Crippen LogP contribution in [0.2, 0.25) is 0 Å². The van der Waals surface area contributed by atoms with E-state index >= 15 is 0 Å². The zero-order valence-electron chi connectivity index (χ0n) is 9.12. The summed E-state index contributed by atoms with van der Waals surface area (Å²) < 4.78 is 0. The Balaban J connectivity index is 1.91. The number of fused-ring (bicyclic) bond motifs is 1. The van der Waals surface area contributed by atoms with Crippen molar-refractivity contribution in [1.82, 2.24) is 0 Å². The lowest BCUT2D eigenvalue weighted by molar-refractivity contribution is -0.242. The van der Waals surface area contributed by atoms with E-state index in [2.05, 4.69) is 24.8 Å². The molecule has 2 heteroatoms. The van der Waals surface area contributed by atoms with Crippen molar-refractivity contribution in [3.8, 4) is 0 Å². The van der Waals surface area contributed by atoms with Crippen LogP contribution in [-0.2, 0) is 4.89 Å². The van der Waals surface area contributed by atoms with Crippen LogP contribution in [0.15, 0.2) is 11.6 Å². The Morgan fingerprint density at radius 3 is 2.93 bits per heavy atom. The highest BCUT2D eigenvalue weighted by Crippen LogP contribution is 2.59. The highest BCUT2D eigenvalue weighted by Gasteiger charge is 2.50. The Morgan fingerprint density at radius 2 is 2.36 bits per heavy atom. The summed E-state index contributed by atoms with van der Waals surface area (Å²) >= 11 is 0. The highest BCUT2D eigenvalue weighted by atomic mass is 17.1. The molecule has 3 aliphatic rings. The van der Waals surface area contributed by atoms with Gasteiger partial charge in [0.2, 0.25) is 0 Å². The van der Waals surface area contributed by atoms with E-state index in [1.165, 1.54) is 12.8 Å². The predicted octanol–water partition coefficient (Wildman–Crippen LogP) is 3.25. The van der Waals surface area contributed by atoms with E-state index in [1.54, 1.807) is 5.57 Å². The van der Waals surface area contributed by atoms with Crippen LogP contribution in [0.25, 0.3) is 0 Å². The van der Waals surface area contributed by atoms with Gasteiger partial charge in [0.1, 0.15) is 0 Å². The third kappa shape index (κ3) is 1.51. The first-order chi connectivity index (χ1) is 6.66. The van der Waals surface area contributed by atoms with Gasteiger partial charge in [-0.3, -0.25) is 5.26 Å². The second-order valence-electron chi connectivity index (χ2n) is 5.26. The van der Waals surface area contributed by atoms with Crippen molar-refractivity contribution < 1.29 is 10.1 Å². The van der Waals surface area contributed by atoms with Crippen LogP contribution in [0.1, 0.15) is 39.5 Å². The predicted molar refractivity (Wildman–Crippen MR) is 55.9 cm³/mol. The van der Waals surface area contributed by atoms with Crippen LogP contribution in [0.3, 0.4) is 0 Å². The third-order valence-electron chi connectivity index (χ3n) is 4.28. The van der Waals surface area contributed by atoms with Crippen molar-refractivity contribution >= 4 is 0 Å². The van der Waals surface area contributed by atoms with Gasteiger partial charge in [0.15, 0.2) is 0 Å².